The van der Waals surface area contributed by atoms with E-state index in [0.717, 1.165) is 37.9 Å². The van der Waals surface area contributed by atoms with Crippen LogP contribution in [0.1, 0.15) is 31.4 Å². The Kier molecular flexibility index (Phi) is 3.05. The van der Waals surface area contributed by atoms with E-state index in [1.807, 2.05) is 25.2 Å². The number of aryl methyl sites for hydroxylation is 1. The molecule has 3 rings (SSSR count). The number of fused-ring (bicyclic) bond motifs is 1. The molecule has 1 saturated carbocycles. The molecule has 1 amide bonds. The Bertz CT molecular complexity index is 473. The predicted molar refractivity (Wildman–Crippen MR) is 70.2 cm³/mol. The third-order valence-corrected chi connectivity index (χ3v) is 4.57. The molecule has 0 spiro atoms. The van der Waals surface area contributed by atoms with Crippen LogP contribution in [0.15, 0.2) is 6.20 Å². The number of amides is 1. The van der Waals surface area contributed by atoms with Crippen molar-refractivity contribution in [1.82, 2.24) is 25.2 Å². The van der Waals surface area contributed by atoms with Crippen LogP contribution in [-0.4, -0.2) is 45.4 Å². The second-order valence-corrected chi connectivity index (χ2v) is 5.85. The molecule has 2 heterocycles. The summed E-state index contributed by atoms with van der Waals surface area (Å²) in [6, 6.07) is 0.379. The lowest BCUT2D eigenvalue weighted by Crippen LogP contribution is -2.45. The van der Waals surface area contributed by atoms with E-state index in [1.54, 1.807) is 4.68 Å². The number of carbonyl (C=O) groups is 1. The largest absolute Gasteiger partial charge is 0.339 e. The Morgan fingerprint density at radius 2 is 2.47 bits per heavy atom. The summed E-state index contributed by atoms with van der Waals surface area (Å²) in [5.74, 6) is 0.269. The van der Waals surface area contributed by atoms with Gasteiger partial charge < -0.3 is 10.2 Å². The Hall–Kier alpha value is -1.43. The van der Waals surface area contributed by atoms with Gasteiger partial charge in [-0.05, 0) is 25.8 Å². The normalized spacial score (nSPS) is 29.5. The van der Waals surface area contributed by atoms with Crippen LogP contribution < -0.4 is 5.32 Å². The van der Waals surface area contributed by atoms with Gasteiger partial charge in [-0.15, -0.1) is 5.10 Å². The molecule has 0 unspecified atom stereocenters. The van der Waals surface area contributed by atoms with Crippen molar-refractivity contribution in [3.05, 3.63) is 11.9 Å². The van der Waals surface area contributed by atoms with Crippen molar-refractivity contribution in [3.63, 3.8) is 0 Å². The van der Waals surface area contributed by atoms with Gasteiger partial charge in [-0.1, -0.05) is 11.6 Å². The monoisotopic (exact) mass is 263 g/mol. The average molecular weight is 263 g/mol. The molecule has 19 heavy (non-hydrogen) atoms. The predicted octanol–water partition coefficient (Wildman–Crippen LogP) is 0.306. The molecule has 1 aromatic heterocycles. The summed E-state index contributed by atoms with van der Waals surface area (Å²) in [5.41, 5.74) is 0.687. The number of carbonyl (C=O) groups excluding carboxylic acids is 1. The Morgan fingerprint density at radius 3 is 3.21 bits per heavy atom. The third kappa shape index (κ3) is 2.04. The lowest BCUT2D eigenvalue weighted by atomic mass is 9.81. The van der Waals surface area contributed by atoms with Crippen LogP contribution in [0.25, 0.3) is 0 Å². The Labute approximate surface area is 113 Å². The zero-order valence-corrected chi connectivity index (χ0v) is 11.6. The van der Waals surface area contributed by atoms with Gasteiger partial charge in [0, 0.05) is 26.3 Å². The van der Waals surface area contributed by atoms with Gasteiger partial charge in [0.1, 0.15) is 5.69 Å². The summed E-state index contributed by atoms with van der Waals surface area (Å²) in [4.78, 5) is 14.6. The first kappa shape index (κ1) is 12.6. The van der Waals surface area contributed by atoms with Gasteiger partial charge in [-0.25, -0.2) is 0 Å². The summed E-state index contributed by atoms with van der Waals surface area (Å²) in [5, 5.41) is 11.4. The highest BCUT2D eigenvalue weighted by Crippen LogP contribution is 2.45. The quantitative estimate of drug-likeness (QED) is 0.852. The maximum absolute atomic E-state index is 12.8. The highest BCUT2D eigenvalue weighted by atomic mass is 16.2. The van der Waals surface area contributed by atoms with Crippen molar-refractivity contribution >= 4 is 5.91 Å². The summed E-state index contributed by atoms with van der Waals surface area (Å²) >= 11 is 0. The number of nitrogens with one attached hydrogen (secondary N) is 1. The average Bonchev–Trinajstić information content (AvgIpc) is 3.03. The summed E-state index contributed by atoms with van der Waals surface area (Å²) in [7, 11) is 3.71. The van der Waals surface area contributed by atoms with E-state index in [2.05, 4.69) is 15.6 Å². The lowest BCUT2D eigenvalue weighted by molar-refractivity contribution is -0.141. The molecule has 1 aromatic rings. The van der Waals surface area contributed by atoms with Crippen molar-refractivity contribution in [2.75, 3.05) is 13.6 Å². The van der Waals surface area contributed by atoms with E-state index < -0.39 is 0 Å². The smallest absolute Gasteiger partial charge is 0.230 e. The molecule has 0 bridgehead atoms. The summed E-state index contributed by atoms with van der Waals surface area (Å²) < 4.78 is 1.67. The number of hydrogen-bond acceptors (Lipinski definition) is 4. The molecule has 2 aliphatic rings. The first-order valence-corrected chi connectivity index (χ1v) is 6.96. The highest BCUT2D eigenvalue weighted by Gasteiger charge is 2.52. The SMILES string of the molecule is CN(Cc1cn(C)nn1)C(=O)[C@]12CCC[C@H]1NCC2. The molecule has 0 radical (unpaired) electrons. The Balaban J connectivity index is 1.72. The van der Waals surface area contributed by atoms with Crippen LogP contribution >= 0.6 is 0 Å². The summed E-state index contributed by atoms with van der Waals surface area (Å²) in [6.45, 7) is 1.51. The van der Waals surface area contributed by atoms with Gasteiger partial charge in [0.25, 0.3) is 0 Å². The van der Waals surface area contributed by atoms with E-state index in [-0.39, 0.29) is 11.3 Å². The highest BCUT2D eigenvalue weighted by molar-refractivity contribution is 5.84. The van der Waals surface area contributed by atoms with Gasteiger partial charge in [-0.2, -0.15) is 0 Å². The topological polar surface area (TPSA) is 63.1 Å². The van der Waals surface area contributed by atoms with Gasteiger partial charge in [0.15, 0.2) is 0 Å². The minimum Gasteiger partial charge on any atom is -0.339 e. The fourth-order valence-corrected chi connectivity index (χ4v) is 3.66. The van der Waals surface area contributed by atoms with Crippen molar-refractivity contribution in [1.29, 1.82) is 0 Å². The number of nitrogens with zero attached hydrogens (tertiary/aromatic N) is 4. The molecule has 2 fully saturated rings. The van der Waals surface area contributed by atoms with E-state index in [0.29, 0.717) is 12.6 Å². The zero-order valence-electron chi connectivity index (χ0n) is 11.6. The minimum atomic E-state index is -0.156. The lowest BCUT2D eigenvalue weighted by Gasteiger charge is -2.31. The molecule has 0 aromatic carbocycles. The van der Waals surface area contributed by atoms with Gasteiger partial charge >= 0.3 is 0 Å². The van der Waals surface area contributed by atoms with Crippen LogP contribution in [0.2, 0.25) is 0 Å². The van der Waals surface area contributed by atoms with Crippen LogP contribution in [0.5, 0.6) is 0 Å². The van der Waals surface area contributed by atoms with E-state index in [4.69, 9.17) is 0 Å². The van der Waals surface area contributed by atoms with Crippen LogP contribution in [0.3, 0.4) is 0 Å². The van der Waals surface area contributed by atoms with E-state index in [9.17, 15) is 4.79 Å². The molecule has 6 nitrogen and oxygen atoms in total. The molecular formula is C13H21N5O. The molecule has 1 aliphatic carbocycles. The molecule has 1 N–H and O–H groups in total. The van der Waals surface area contributed by atoms with E-state index >= 15 is 0 Å². The number of rotatable bonds is 3. The standard InChI is InChI=1S/C13H21N5O/c1-17(8-10-9-18(2)16-15-10)12(19)13-5-3-4-11(13)14-7-6-13/h9,11,14H,3-8H2,1-2H3/t11-,13+/m1/s1. The molecule has 2 atom stereocenters. The summed E-state index contributed by atoms with van der Waals surface area (Å²) in [6.07, 6.45) is 6.14. The van der Waals surface area contributed by atoms with Crippen LogP contribution in [0.4, 0.5) is 0 Å². The number of aromatic nitrogens is 3. The second-order valence-electron chi connectivity index (χ2n) is 5.85. The zero-order chi connectivity index (χ0) is 13.5. The molecule has 104 valence electrons. The molecule has 1 saturated heterocycles. The fourth-order valence-electron chi connectivity index (χ4n) is 3.66. The van der Waals surface area contributed by atoms with Crippen molar-refractivity contribution < 1.29 is 4.79 Å². The molecule has 1 aliphatic heterocycles. The fraction of sp³-hybridized carbons (Fsp3) is 0.769. The maximum atomic E-state index is 12.8. The van der Waals surface area contributed by atoms with Crippen LogP contribution in [0, 0.1) is 5.41 Å². The van der Waals surface area contributed by atoms with Crippen molar-refractivity contribution in [3.8, 4) is 0 Å². The van der Waals surface area contributed by atoms with Gasteiger partial charge in [0.05, 0.1) is 12.0 Å². The first-order chi connectivity index (χ1) is 9.12. The Morgan fingerprint density at radius 1 is 1.63 bits per heavy atom. The molecule has 6 heteroatoms. The van der Waals surface area contributed by atoms with Gasteiger partial charge in [-0.3, -0.25) is 9.48 Å². The molecular weight excluding hydrogens is 242 g/mol. The first-order valence-electron chi connectivity index (χ1n) is 6.96. The second kappa shape index (κ2) is 4.59. The van der Waals surface area contributed by atoms with Crippen molar-refractivity contribution in [2.24, 2.45) is 12.5 Å². The van der Waals surface area contributed by atoms with Crippen molar-refractivity contribution in [2.45, 2.75) is 38.3 Å². The van der Waals surface area contributed by atoms with E-state index in [1.165, 1.54) is 0 Å². The maximum Gasteiger partial charge on any atom is 0.230 e. The number of hydrogen-bond donors (Lipinski definition) is 1. The minimum absolute atomic E-state index is 0.156. The van der Waals surface area contributed by atoms with Gasteiger partial charge in [0.2, 0.25) is 5.91 Å². The third-order valence-electron chi connectivity index (χ3n) is 4.57. The van der Waals surface area contributed by atoms with Crippen LogP contribution in [-0.2, 0) is 18.4 Å².